The molecule has 0 aromatic heterocycles. The van der Waals surface area contributed by atoms with Gasteiger partial charge in [0.2, 0.25) is 0 Å². The minimum atomic E-state index is -1.62. The number of hydrogen-bond acceptors (Lipinski definition) is 8. The molecule has 0 heterocycles. The van der Waals surface area contributed by atoms with Gasteiger partial charge in [0, 0.05) is 12.8 Å². The van der Waals surface area contributed by atoms with Crippen molar-refractivity contribution in [2.45, 2.75) is 328 Å². The van der Waals surface area contributed by atoms with Crippen molar-refractivity contribution in [3.8, 4) is 0 Å². The van der Waals surface area contributed by atoms with Crippen LogP contribution in [0.2, 0.25) is 0 Å². The van der Waals surface area contributed by atoms with Gasteiger partial charge in [0.1, 0.15) is 13.2 Å². The van der Waals surface area contributed by atoms with E-state index in [1.54, 1.807) is 0 Å². The Labute approximate surface area is 519 Å². The first-order valence-electron chi connectivity index (χ1n) is 35.2. The number of nitrogens with zero attached hydrogens (tertiary/aromatic N) is 1. The van der Waals surface area contributed by atoms with Crippen LogP contribution < -0.4 is 5.11 Å². The highest BCUT2D eigenvalue weighted by Gasteiger charge is 2.22. The second kappa shape index (κ2) is 65.4. The van der Waals surface area contributed by atoms with Crippen LogP contribution in [0.3, 0.4) is 0 Å². The SMILES string of the molecule is CC/C=C\C/C=C\C/C=C\C/C=C\C/C=C\C/C=C\CCCCCCCCCCCCCCCCCCCCCCCCC(=O)OC(COC(=O)CCCCCCCCC/C=C\CCCCCCCCC)COC(OCC[N+](C)(C)C)C(=O)[O-]. The molecule has 0 aliphatic carbocycles. The number of ether oxygens (including phenoxy) is 4. The zero-order valence-corrected chi connectivity index (χ0v) is 55.5. The number of hydrogen-bond donors (Lipinski definition) is 0. The summed E-state index contributed by atoms with van der Waals surface area (Å²) >= 11 is 0. The summed E-state index contributed by atoms with van der Waals surface area (Å²) < 4.78 is 22.8. The number of carboxylic acids is 1. The zero-order valence-electron chi connectivity index (χ0n) is 55.5. The number of esters is 2. The second-order valence-electron chi connectivity index (χ2n) is 24.8. The predicted octanol–water partition coefficient (Wildman–Crippen LogP) is 20.5. The van der Waals surface area contributed by atoms with E-state index in [1.807, 2.05) is 21.1 Å². The van der Waals surface area contributed by atoms with E-state index in [4.69, 9.17) is 18.9 Å². The zero-order chi connectivity index (χ0) is 61.2. The highest BCUT2D eigenvalue weighted by Crippen LogP contribution is 2.18. The summed E-state index contributed by atoms with van der Waals surface area (Å²) in [6.45, 7) is 4.66. The number of carbonyl (C=O) groups excluding carboxylic acids is 3. The minimum Gasteiger partial charge on any atom is -0.545 e. The van der Waals surface area contributed by atoms with Crippen LogP contribution in [0.25, 0.3) is 0 Å². The van der Waals surface area contributed by atoms with E-state index < -0.39 is 24.3 Å². The molecule has 0 rings (SSSR count). The lowest BCUT2D eigenvalue weighted by atomic mass is 10.0. The Morgan fingerprint density at radius 3 is 1.02 bits per heavy atom. The van der Waals surface area contributed by atoms with E-state index >= 15 is 0 Å². The topological polar surface area (TPSA) is 111 Å². The quantitative estimate of drug-likeness (QED) is 0.0195. The van der Waals surface area contributed by atoms with Crippen molar-refractivity contribution in [1.29, 1.82) is 0 Å². The molecule has 0 aliphatic rings. The van der Waals surface area contributed by atoms with Crippen molar-refractivity contribution in [3.63, 3.8) is 0 Å². The summed E-state index contributed by atoms with van der Waals surface area (Å²) in [5.74, 6) is -2.27. The molecule has 2 atom stereocenters. The molecule has 84 heavy (non-hydrogen) atoms. The Bertz CT molecular complexity index is 1650. The monoisotopic (exact) mass is 1180 g/mol. The molecule has 2 unspecified atom stereocenters. The number of carboxylic acid groups (broad SMARTS) is 1. The van der Waals surface area contributed by atoms with Gasteiger partial charge in [-0.1, -0.05) is 298 Å². The molecular weight excluding hydrogens is 1040 g/mol. The molecule has 0 spiro atoms. The van der Waals surface area contributed by atoms with E-state index in [0.29, 0.717) is 17.4 Å². The Balaban J connectivity index is 3.98. The summed E-state index contributed by atoms with van der Waals surface area (Å²) in [4.78, 5) is 37.4. The molecule has 9 heteroatoms. The second-order valence-corrected chi connectivity index (χ2v) is 24.8. The fourth-order valence-electron chi connectivity index (χ4n) is 10.0. The first-order valence-corrected chi connectivity index (χ1v) is 35.2. The molecule has 0 fully saturated rings. The molecule has 0 radical (unpaired) electrons. The molecule has 0 amide bonds. The van der Waals surface area contributed by atoms with Gasteiger partial charge in [-0.05, 0) is 89.9 Å². The number of unbranched alkanes of at least 4 members (excludes halogenated alkanes) is 36. The third-order valence-electron chi connectivity index (χ3n) is 15.4. The minimum absolute atomic E-state index is 0.147. The Kier molecular flexibility index (Phi) is 62.7. The molecule has 0 bridgehead atoms. The van der Waals surface area contributed by atoms with E-state index in [9.17, 15) is 19.5 Å². The van der Waals surface area contributed by atoms with Crippen LogP contribution in [0, 0.1) is 0 Å². The first-order chi connectivity index (χ1) is 41.1. The van der Waals surface area contributed by atoms with Crippen molar-refractivity contribution in [2.24, 2.45) is 0 Å². The molecule has 0 saturated carbocycles. The number of quaternary nitrogens is 1. The highest BCUT2D eigenvalue weighted by molar-refractivity contribution is 5.70. The number of likely N-dealkylation sites (N-methyl/N-ethyl adjacent to an activating group) is 1. The lowest BCUT2D eigenvalue weighted by molar-refractivity contribution is -0.870. The lowest BCUT2D eigenvalue weighted by Crippen LogP contribution is -2.44. The van der Waals surface area contributed by atoms with E-state index in [1.165, 1.54) is 205 Å². The third kappa shape index (κ3) is 66.0. The number of allylic oxidation sites excluding steroid dienone is 14. The average molecular weight is 1180 g/mol. The maximum absolute atomic E-state index is 12.9. The summed E-state index contributed by atoms with van der Waals surface area (Å²) in [5, 5.41) is 11.8. The average Bonchev–Trinajstić information content (AvgIpc) is 3.52. The number of aliphatic carboxylic acids is 1. The summed E-state index contributed by atoms with van der Waals surface area (Å²) in [5.41, 5.74) is 0. The van der Waals surface area contributed by atoms with E-state index in [2.05, 4.69) is 98.9 Å². The predicted molar refractivity (Wildman–Crippen MR) is 357 cm³/mol. The molecular formula is C75H133NO8. The number of carbonyl (C=O) groups is 3. The van der Waals surface area contributed by atoms with Crippen LogP contribution in [0.4, 0.5) is 0 Å². The smallest absolute Gasteiger partial charge is 0.306 e. The molecule has 0 saturated heterocycles. The Morgan fingerprint density at radius 1 is 0.369 bits per heavy atom. The van der Waals surface area contributed by atoms with Crippen LogP contribution in [0.1, 0.15) is 316 Å². The highest BCUT2D eigenvalue weighted by atomic mass is 16.7. The molecule has 0 aromatic carbocycles. The van der Waals surface area contributed by atoms with E-state index in [-0.39, 0.29) is 38.6 Å². The largest absolute Gasteiger partial charge is 0.545 e. The van der Waals surface area contributed by atoms with Gasteiger partial charge in [-0.25, -0.2) is 0 Å². The Morgan fingerprint density at radius 2 is 0.679 bits per heavy atom. The fourth-order valence-corrected chi connectivity index (χ4v) is 10.0. The van der Waals surface area contributed by atoms with Crippen LogP contribution in [0.15, 0.2) is 85.1 Å². The summed E-state index contributed by atoms with van der Waals surface area (Å²) in [7, 11) is 5.93. The van der Waals surface area contributed by atoms with Gasteiger partial charge in [0.05, 0.1) is 40.3 Å². The van der Waals surface area contributed by atoms with Crippen molar-refractivity contribution in [3.05, 3.63) is 85.1 Å². The van der Waals surface area contributed by atoms with Crippen LogP contribution >= 0.6 is 0 Å². The lowest BCUT2D eigenvalue weighted by Gasteiger charge is -2.26. The van der Waals surface area contributed by atoms with E-state index in [0.717, 1.165) is 77.0 Å². The molecule has 0 aliphatic heterocycles. The Hall–Kier alpha value is -3.53. The first kappa shape index (κ1) is 80.5. The van der Waals surface area contributed by atoms with Crippen molar-refractivity contribution < 1.29 is 42.9 Å². The van der Waals surface area contributed by atoms with Crippen LogP contribution in [0.5, 0.6) is 0 Å². The van der Waals surface area contributed by atoms with Gasteiger partial charge >= 0.3 is 11.9 Å². The normalized spacial score (nSPS) is 13.2. The fraction of sp³-hybridized carbons (Fsp3) is 0.773. The van der Waals surface area contributed by atoms with Crippen LogP contribution in [-0.4, -0.2) is 82.3 Å². The van der Waals surface area contributed by atoms with Gasteiger partial charge in [0.15, 0.2) is 12.4 Å². The molecule has 0 N–H and O–H groups in total. The van der Waals surface area contributed by atoms with Crippen molar-refractivity contribution in [2.75, 3.05) is 47.5 Å². The maximum Gasteiger partial charge on any atom is 0.306 e. The van der Waals surface area contributed by atoms with Crippen molar-refractivity contribution in [1.82, 2.24) is 0 Å². The van der Waals surface area contributed by atoms with Gasteiger partial charge in [0.25, 0.3) is 0 Å². The molecule has 486 valence electrons. The van der Waals surface area contributed by atoms with Crippen molar-refractivity contribution >= 4 is 17.9 Å². The van der Waals surface area contributed by atoms with Gasteiger partial charge in [-0.2, -0.15) is 0 Å². The van der Waals surface area contributed by atoms with Gasteiger partial charge < -0.3 is 33.3 Å². The maximum atomic E-state index is 12.9. The van der Waals surface area contributed by atoms with Gasteiger partial charge in [-0.15, -0.1) is 0 Å². The standard InChI is InChI=1S/C75H133NO8/c1-6-8-10-12-14-16-18-20-22-24-26-27-28-29-30-31-32-33-34-35-36-37-38-39-40-41-42-43-44-45-46-47-48-50-52-54-56-58-60-62-64-66-73(78)84-71(70-83-75(74(79)80)81-68-67-76(3,4)5)69-82-72(77)65-63-61-59-57-55-53-51-49-25-23-21-19-17-15-13-11-9-7-2/h8,10,14,16,20,22-23,25-27,29-30,32-33,71,75H,6-7,9,11-13,15,17-19,21,24,28,31,34-70H2,1-5H3/b10-8-,16-14-,22-20-,25-23-,27-26-,30-29-,33-32-. The van der Waals surface area contributed by atoms with Gasteiger partial charge in [-0.3, -0.25) is 9.59 Å². The summed E-state index contributed by atoms with van der Waals surface area (Å²) in [6, 6.07) is 0. The number of rotatable bonds is 65. The molecule has 9 nitrogen and oxygen atoms in total. The van der Waals surface area contributed by atoms with Crippen LogP contribution in [-0.2, 0) is 33.3 Å². The molecule has 0 aromatic rings. The summed E-state index contributed by atoms with van der Waals surface area (Å²) in [6.07, 6.45) is 85.3. The third-order valence-corrected chi connectivity index (χ3v) is 15.4.